The van der Waals surface area contributed by atoms with Gasteiger partial charge in [0, 0.05) is 51.2 Å². The largest absolute Gasteiger partial charge is 0.478 e. The van der Waals surface area contributed by atoms with E-state index in [0.717, 1.165) is 33.8 Å². The normalized spacial score (nSPS) is 15.7. The van der Waals surface area contributed by atoms with E-state index in [1.807, 2.05) is 96.0 Å². The second kappa shape index (κ2) is 10.9. The molecule has 1 N–H and O–H groups in total. The molecule has 2 aliphatic rings. The number of benzene rings is 3. The van der Waals surface area contributed by atoms with Gasteiger partial charge in [0.05, 0.1) is 11.0 Å². The van der Waals surface area contributed by atoms with Crippen molar-refractivity contribution in [3.8, 4) is 0 Å². The number of ether oxygens (including phenoxy) is 1. The summed E-state index contributed by atoms with van der Waals surface area (Å²) in [4.78, 5) is 38.4. The molecule has 1 fully saturated rings. The molecule has 1 aromatic heterocycles. The minimum Gasteiger partial charge on any atom is -0.478 e. The topological polar surface area (TPSA) is 81.5 Å². The Morgan fingerprint density at radius 1 is 0.897 bits per heavy atom. The van der Waals surface area contributed by atoms with Crippen LogP contribution in [0.2, 0.25) is 0 Å². The molecular formula is C31H30N5O3+. The lowest BCUT2D eigenvalue weighted by molar-refractivity contribution is -0.357. The van der Waals surface area contributed by atoms with E-state index in [1.54, 1.807) is 4.58 Å². The van der Waals surface area contributed by atoms with E-state index in [-0.39, 0.29) is 11.8 Å². The molecule has 4 aromatic rings. The predicted octanol–water partition coefficient (Wildman–Crippen LogP) is 4.02. The fourth-order valence-electron chi connectivity index (χ4n) is 5.03. The number of para-hydroxylation sites is 3. The zero-order valence-corrected chi connectivity index (χ0v) is 21.6. The summed E-state index contributed by atoms with van der Waals surface area (Å²) in [6, 6.07) is 27.3. The van der Waals surface area contributed by atoms with E-state index in [2.05, 4.69) is 14.9 Å². The number of H-pyrrole nitrogens is 1. The number of hydrogen-bond donors (Lipinski definition) is 1. The molecule has 1 saturated heterocycles. The lowest BCUT2D eigenvalue weighted by Gasteiger charge is -2.35. The SMILES string of the molecule is O=C(CCc1nc2ccccc2[nH]1)N1CCN(C2=C(OCc3ccccc3)C(=O)[N+](c3ccccc3)=C2)CC1. The Bertz CT molecular complexity index is 1520. The first-order valence-corrected chi connectivity index (χ1v) is 13.3. The van der Waals surface area contributed by atoms with E-state index in [0.29, 0.717) is 51.4 Å². The summed E-state index contributed by atoms with van der Waals surface area (Å²) in [5.41, 5.74) is 4.44. The second-order valence-electron chi connectivity index (χ2n) is 9.70. The number of aromatic nitrogens is 2. The molecule has 8 heteroatoms. The first-order valence-electron chi connectivity index (χ1n) is 13.3. The Hall–Kier alpha value is -4.72. The number of nitrogens with zero attached hydrogens (tertiary/aromatic N) is 4. The summed E-state index contributed by atoms with van der Waals surface area (Å²) in [7, 11) is 0. The molecule has 2 amide bonds. The van der Waals surface area contributed by atoms with Crippen LogP contribution in [0.3, 0.4) is 0 Å². The molecular weight excluding hydrogens is 490 g/mol. The van der Waals surface area contributed by atoms with Gasteiger partial charge < -0.3 is 19.5 Å². The van der Waals surface area contributed by atoms with Crippen LogP contribution in [-0.4, -0.2) is 68.6 Å². The third-order valence-corrected chi connectivity index (χ3v) is 7.14. The van der Waals surface area contributed by atoms with Crippen LogP contribution < -0.4 is 0 Å². The summed E-state index contributed by atoms with van der Waals surface area (Å²) < 4.78 is 7.77. The number of amides is 2. The molecule has 0 unspecified atom stereocenters. The summed E-state index contributed by atoms with van der Waals surface area (Å²) >= 11 is 0. The van der Waals surface area contributed by atoms with Crippen molar-refractivity contribution in [2.24, 2.45) is 0 Å². The molecule has 0 saturated carbocycles. The highest BCUT2D eigenvalue weighted by Gasteiger charge is 2.40. The van der Waals surface area contributed by atoms with Crippen molar-refractivity contribution in [2.75, 3.05) is 26.2 Å². The summed E-state index contributed by atoms with van der Waals surface area (Å²) in [5.74, 6) is 1.10. The standard InChI is InChI=1S/C31H29N5O3/c37-29(16-15-28-32-25-13-7-8-14-26(25)33-28)35-19-17-34(18-20-35)27-21-36(24-11-5-2-6-12-24)31(38)30(27)39-22-23-9-3-1-4-10-23/h1-14,21H,15-20,22H2/p+1. The van der Waals surface area contributed by atoms with E-state index in [9.17, 15) is 9.59 Å². The number of aromatic amines is 1. The molecule has 8 nitrogen and oxygen atoms in total. The average Bonchev–Trinajstić information content (AvgIpc) is 3.56. The Kier molecular flexibility index (Phi) is 6.91. The summed E-state index contributed by atoms with van der Waals surface area (Å²) in [5, 5.41) is 0. The zero-order valence-electron chi connectivity index (χ0n) is 21.6. The molecule has 3 heterocycles. The van der Waals surface area contributed by atoms with Gasteiger partial charge in [-0.25, -0.2) is 9.78 Å². The fraction of sp³-hybridized carbons (Fsp3) is 0.226. The van der Waals surface area contributed by atoms with Gasteiger partial charge in [-0.05, 0) is 17.7 Å². The highest BCUT2D eigenvalue weighted by molar-refractivity contribution is 6.01. The third-order valence-electron chi connectivity index (χ3n) is 7.14. The zero-order chi connectivity index (χ0) is 26.6. The van der Waals surface area contributed by atoms with Gasteiger partial charge in [0.25, 0.3) is 5.76 Å². The molecule has 2 aliphatic heterocycles. The molecule has 0 atom stereocenters. The monoisotopic (exact) mass is 520 g/mol. The Morgan fingerprint density at radius 2 is 1.59 bits per heavy atom. The summed E-state index contributed by atoms with van der Waals surface area (Å²) in [6.07, 6.45) is 2.84. The molecule has 196 valence electrons. The van der Waals surface area contributed by atoms with Crippen molar-refractivity contribution in [2.45, 2.75) is 19.4 Å². The quantitative estimate of drug-likeness (QED) is 0.355. The van der Waals surface area contributed by atoms with Crippen LogP contribution in [-0.2, 0) is 27.4 Å². The predicted molar refractivity (Wildman–Crippen MR) is 148 cm³/mol. The summed E-state index contributed by atoms with van der Waals surface area (Å²) in [6.45, 7) is 2.72. The maximum atomic E-state index is 13.4. The number of allylic oxidation sites excluding steroid dienone is 1. The van der Waals surface area contributed by atoms with Gasteiger partial charge in [-0.2, -0.15) is 0 Å². The number of nitrogens with one attached hydrogen (secondary N) is 1. The molecule has 39 heavy (non-hydrogen) atoms. The maximum Gasteiger partial charge on any atom is 0.462 e. The number of hydrogen-bond acceptors (Lipinski definition) is 5. The number of carbonyl (C=O) groups excluding carboxylic acids is 2. The molecule has 6 rings (SSSR count). The smallest absolute Gasteiger partial charge is 0.462 e. The fourth-order valence-corrected chi connectivity index (χ4v) is 5.03. The van der Waals surface area contributed by atoms with E-state index < -0.39 is 0 Å². The van der Waals surface area contributed by atoms with Gasteiger partial charge in [0.2, 0.25) is 17.8 Å². The first kappa shape index (κ1) is 24.6. The molecule has 0 spiro atoms. The highest BCUT2D eigenvalue weighted by atomic mass is 16.5. The van der Waals surface area contributed by atoms with Gasteiger partial charge in [-0.3, -0.25) is 4.79 Å². The van der Waals surface area contributed by atoms with E-state index >= 15 is 0 Å². The molecule has 0 bridgehead atoms. The Balaban J connectivity index is 1.13. The minimum atomic E-state index is -0.184. The van der Waals surface area contributed by atoms with Crippen molar-refractivity contribution in [1.82, 2.24) is 19.8 Å². The average molecular weight is 521 g/mol. The van der Waals surface area contributed by atoms with E-state index in [1.165, 1.54) is 0 Å². The van der Waals surface area contributed by atoms with Crippen molar-refractivity contribution in [1.29, 1.82) is 0 Å². The number of imidazole rings is 1. The van der Waals surface area contributed by atoms with Gasteiger partial charge in [-0.1, -0.05) is 60.7 Å². The number of fused-ring (bicyclic) bond motifs is 1. The number of carbonyl (C=O) groups is 2. The van der Waals surface area contributed by atoms with Crippen LogP contribution in [0, 0.1) is 0 Å². The Labute approximate surface area is 226 Å². The van der Waals surface area contributed by atoms with Crippen molar-refractivity contribution in [3.05, 3.63) is 108 Å². The van der Waals surface area contributed by atoms with Crippen molar-refractivity contribution < 1.29 is 18.9 Å². The van der Waals surface area contributed by atoms with Crippen LogP contribution in [0.5, 0.6) is 0 Å². The van der Waals surface area contributed by atoms with Crippen LogP contribution in [0.4, 0.5) is 5.69 Å². The lowest BCUT2D eigenvalue weighted by Crippen LogP contribution is -2.48. The highest BCUT2D eigenvalue weighted by Crippen LogP contribution is 2.25. The van der Waals surface area contributed by atoms with Crippen LogP contribution >= 0.6 is 0 Å². The molecule has 0 radical (unpaired) electrons. The minimum absolute atomic E-state index is 0.113. The van der Waals surface area contributed by atoms with Gasteiger partial charge in [-0.15, -0.1) is 4.58 Å². The number of aryl methyl sites for hydroxylation is 1. The van der Waals surface area contributed by atoms with Gasteiger partial charge in [0.15, 0.2) is 5.70 Å². The van der Waals surface area contributed by atoms with Gasteiger partial charge in [0.1, 0.15) is 12.4 Å². The first-order chi connectivity index (χ1) is 19.2. The van der Waals surface area contributed by atoms with Crippen molar-refractivity contribution in [3.63, 3.8) is 0 Å². The van der Waals surface area contributed by atoms with Crippen LogP contribution in [0.15, 0.2) is 96.4 Å². The van der Waals surface area contributed by atoms with Crippen LogP contribution in [0.25, 0.3) is 11.0 Å². The third kappa shape index (κ3) is 5.31. The maximum absolute atomic E-state index is 13.4. The molecule has 0 aliphatic carbocycles. The number of rotatable bonds is 8. The second-order valence-corrected chi connectivity index (χ2v) is 9.70. The Morgan fingerprint density at radius 3 is 2.33 bits per heavy atom. The van der Waals surface area contributed by atoms with Crippen LogP contribution in [0.1, 0.15) is 17.8 Å². The van der Waals surface area contributed by atoms with Gasteiger partial charge >= 0.3 is 5.91 Å². The van der Waals surface area contributed by atoms with Crippen molar-refractivity contribution >= 4 is 34.7 Å². The van der Waals surface area contributed by atoms with E-state index in [4.69, 9.17) is 4.74 Å². The lowest BCUT2D eigenvalue weighted by atomic mass is 10.2. The molecule has 3 aromatic carbocycles. The number of piperazine rings is 1.